The molecule has 0 radical (unpaired) electrons. The summed E-state index contributed by atoms with van der Waals surface area (Å²) >= 11 is 1.62. The molecule has 4 heteroatoms. The van der Waals surface area contributed by atoms with Gasteiger partial charge in [-0.2, -0.15) is 0 Å². The van der Waals surface area contributed by atoms with Crippen LogP contribution in [0.4, 0.5) is 0 Å². The zero-order chi connectivity index (χ0) is 9.14. The van der Waals surface area contributed by atoms with Gasteiger partial charge in [0.2, 0.25) is 5.91 Å². The topological polar surface area (TPSA) is 55.1 Å². The van der Waals surface area contributed by atoms with Gasteiger partial charge in [0.1, 0.15) is 6.04 Å². The van der Waals surface area contributed by atoms with Gasteiger partial charge in [0.15, 0.2) is 0 Å². The molecule has 0 fully saturated rings. The van der Waals surface area contributed by atoms with Crippen molar-refractivity contribution in [1.29, 1.82) is 0 Å². The van der Waals surface area contributed by atoms with E-state index in [0.717, 1.165) is 5.56 Å². The lowest BCUT2D eigenvalue weighted by Crippen LogP contribution is -2.30. The third-order valence-corrected chi connectivity index (χ3v) is 2.54. The van der Waals surface area contributed by atoms with Gasteiger partial charge < -0.3 is 11.1 Å². The Morgan fingerprint density at radius 3 is 2.75 bits per heavy atom. The first kappa shape index (κ1) is 9.22. The van der Waals surface area contributed by atoms with Gasteiger partial charge in [-0.05, 0) is 31.0 Å². The molecule has 0 bridgehead atoms. The maximum absolute atomic E-state index is 10.9. The summed E-state index contributed by atoms with van der Waals surface area (Å²) in [7, 11) is 1.72. The van der Waals surface area contributed by atoms with Gasteiger partial charge in [0.25, 0.3) is 0 Å². The molecule has 1 aromatic rings. The zero-order valence-corrected chi connectivity index (χ0v) is 7.94. The zero-order valence-electron chi connectivity index (χ0n) is 7.13. The molecule has 0 aromatic carbocycles. The molecule has 0 aliphatic rings. The van der Waals surface area contributed by atoms with Gasteiger partial charge in [-0.1, -0.05) is 0 Å². The van der Waals surface area contributed by atoms with Crippen LogP contribution in [0.2, 0.25) is 0 Å². The lowest BCUT2D eigenvalue weighted by atomic mass is 10.1. The van der Waals surface area contributed by atoms with Crippen LogP contribution in [0.25, 0.3) is 0 Å². The van der Waals surface area contributed by atoms with Crippen LogP contribution >= 0.6 is 11.3 Å². The van der Waals surface area contributed by atoms with E-state index in [0.29, 0.717) is 0 Å². The van der Waals surface area contributed by atoms with Crippen molar-refractivity contribution in [2.75, 3.05) is 7.05 Å². The number of aryl methyl sites for hydroxylation is 1. The summed E-state index contributed by atoms with van der Waals surface area (Å²) in [5.41, 5.74) is 6.14. The predicted molar refractivity (Wildman–Crippen MR) is 50.1 cm³/mol. The third-order valence-electron chi connectivity index (χ3n) is 1.66. The van der Waals surface area contributed by atoms with Crippen molar-refractivity contribution in [2.24, 2.45) is 5.73 Å². The normalized spacial score (nSPS) is 12.8. The molecular weight excluding hydrogens is 172 g/mol. The van der Waals surface area contributed by atoms with Crippen molar-refractivity contribution < 1.29 is 4.79 Å². The quantitative estimate of drug-likeness (QED) is 0.730. The second-order valence-electron chi connectivity index (χ2n) is 2.61. The Morgan fingerprint density at radius 1 is 1.75 bits per heavy atom. The minimum atomic E-state index is -0.352. The highest BCUT2D eigenvalue weighted by Crippen LogP contribution is 2.19. The monoisotopic (exact) mass is 184 g/mol. The largest absolute Gasteiger partial charge is 0.368 e. The number of hydrogen-bond acceptors (Lipinski definition) is 3. The molecule has 1 atom stereocenters. The maximum atomic E-state index is 10.9. The van der Waals surface area contributed by atoms with Crippen LogP contribution in [0.5, 0.6) is 0 Å². The van der Waals surface area contributed by atoms with E-state index in [1.54, 1.807) is 18.4 Å². The fraction of sp³-hybridized carbons (Fsp3) is 0.375. The second-order valence-corrected chi connectivity index (χ2v) is 3.73. The second kappa shape index (κ2) is 3.69. The maximum Gasteiger partial charge on any atom is 0.239 e. The fourth-order valence-corrected chi connectivity index (χ4v) is 1.82. The number of carbonyl (C=O) groups excluding carboxylic acids is 1. The lowest BCUT2D eigenvalue weighted by Gasteiger charge is -2.09. The Hall–Kier alpha value is -0.870. The third kappa shape index (κ3) is 1.84. The van der Waals surface area contributed by atoms with Crippen LogP contribution in [0, 0.1) is 6.92 Å². The van der Waals surface area contributed by atoms with Crippen LogP contribution in [0.3, 0.4) is 0 Å². The number of thiophene rings is 1. The molecule has 0 aliphatic heterocycles. The molecule has 1 amide bonds. The van der Waals surface area contributed by atoms with Crippen molar-refractivity contribution in [2.45, 2.75) is 13.0 Å². The van der Waals surface area contributed by atoms with Crippen molar-refractivity contribution in [3.63, 3.8) is 0 Å². The van der Waals surface area contributed by atoms with E-state index in [1.807, 2.05) is 18.4 Å². The average molecular weight is 184 g/mol. The van der Waals surface area contributed by atoms with Crippen LogP contribution in [0.15, 0.2) is 11.4 Å². The molecule has 0 saturated heterocycles. The molecule has 1 heterocycles. The van der Waals surface area contributed by atoms with E-state index < -0.39 is 0 Å². The highest BCUT2D eigenvalue weighted by atomic mass is 32.1. The number of carbonyl (C=O) groups is 1. The summed E-state index contributed by atoms with van der Waals surface area (Å²) in [6.45, 7) is 2.00. The summed E-state index contributed by atoms with van der Waals surface area (Å²) in [6, 6.07) is 1.62. The van der Waals surface area contributed by atoms with Crippen molar-refractivity contribution >= 4 is 17.2 Å². The smallest absolute Gasteiger partial charge is 0.239 e. The Labute approximate surface area is 75.6 Å². The van der Waals surface area contributed by atoms with Crippen molar-refractivity contribution in [3.8, 4) is 0 Å². The van der Waals surface area contributed by atoms with E-state index in [9.17, 15) is 4.79 Å². The highest BCUT2D eigenvalue weighted by Gasteiger charge is 2.15. The Morgan fingerprint density at radius 2 is 2.42 bits per heavy atom. The minimum Gasteiger partial charge on any atom is -0.368 e. The van der Waals surface area contributed by atoms with E-state index in [-0.39, 0.29) is 11.9 Å². The van der Waals surface area contributed by atoms with E-state index in [1.165, 1.54) is 4.88 Å². The number of nitrogens with two attached hydrogens (primary N) is 1. The molecule has 0 spiro atoms. The van der Waals surface area contributed by atoms with Gasteiger partial charge in [-0.25, -0.2) is 0 Å². The van der Waals surface area contributed by atoms with Gasteiger partial charge >= 0.3 is 0 Å². The molecule has 1 rings (SSSR count). The molecular formula is C8H12N2OS. The molecule has 1 aromatic heterocycles. The fourth-order valence-electron chi connectivity index (χ4n) is 1.09. The van der Waals surface area contributed by atoms with Crippen LogP contribution < -0.4 is 11.1 Å². The summed E-state index contributed by atoms with van der Waals surface area (Å²) in [4.78, 5) is 12.1. The standard InChI is InChI=1S/C8H12N2OS/c1-5-3-6(4-12-5)7(10-2)8(9)11/h3-4,7,10H,1-2H3,(H2,9,11). The van der Waals surface area contributed by atoms with E-state index in [4.69, 9.17) is 5.73 Å². The summed E-state index contributed by atoms with van der Waals surface area (Å²) in [5, 5.41) is 4.81. The minimum absolute atomic E-state index is 0.338. The van der Waals surface area contributed by atoms with Crippen LogP contribution in [-0.4, -0.2) is 13.0 Å². The predicted octanol–water partition coefficient (Wildman–Crippen LogP) is 0.802. The number of primary amides is 1. The average Bonchev–Trinajstić information content (AvgIpc) is 2.37. The van der Waals surface area contributed by atoms with Crippen molar-refractivity contribution in [3.05, 3.63) is 21.9 Å². The van der Waals surface area contributed by atoms with Crippen LogP contribution in [0.1, 0.15) is 16.5 Å². The highest BCUT2D eigenvalue weighted by molar-refractivity contribution is 7.10. The molecule has 3 nitrogen and oxygen atoms in total. The summed E-state index contributed by atoms with van der Waals surface area (Å²) in [5.74, 6) is -0.338. The number of nitrogens with one attached hydrogen (secondary N) is 1. The molecule has 0 saturated carbocycles. The molecule has 3 N–H and O–H groups in total. The molecule has 1 unspecified atom stereocenters. The lowest BCUT2D eigenvalue weighted by molar-refractivity contribution is -0.120. The van der Waals surface area contributed by atoms with Gasteiger partial charge in [0, 0.05) is 4.88 Å². The Bertz CT molecular complexity index is 282. The Balaban J connectivity index is 2.87. The number of hydrogen-bond donors (Lipinski definition) is 2. The van der Waals surface area contributed by atoms with E-state index in [2.05, 4.69) is 5.32 Å². The molecule has 12 heavy (non-hydrogen) atoms. The molecule has 66 valence electrons. The van der Waals surface area contributed by atoms with Crippen LogP contribution in [-0.2, 0) is 4.79 Å². The first-order valence-corrected chi connectivity index (χ1v) is 4.54. The van der Waals surface area contributed by atoms with E-state index >= 15 is 0 Å². The molecule has 0 aliphatic carbocycles. The van der Waals surface area contributed by atoms with Crippen molar-refractivity contribution in [1.82, 2.24) is 5.32 Å². The number of rotatable bonds is 3. The first-order chi connectivity index (χ1) is 5.65. The summed E-state index contributed by atoms with van der Waals surface area (Å²) < 4.78 is 0. The number of likely N-dealkylation sites (N-methyl/N-ethyl adjacent to an activating group) is 1. The van der Waals surface area contributed by atoms with Gasteiger partial charge in [-0.3, -0.25) is 4.79 Å². The van der Waals surface area contributed by atoms with Gasteiger partial charge in [0.05, 0.1) is 0 Å². The Kier molecular flexibility index (Phi) is 2.83. The SMILES string of the molecule is CNC(C(N)=O)c1csc(C)c1. The first-order valence-electron chi connectivity index (χ1n) is 3.66. The van der Waals surface area contributed by atoms with Gasteiger partial charge in [-0.15, -0.1) is 11.3 Å². The number of amides is 1. The summed E-state index contributed by atoms with van der Waals surface area (Å²) in [6.07, 6.45) is 0.